The highest BCUT2D eigenvalue weighted by atomic mass is 35.5. The summed E-state index contributed by atoms with van der Waals surface area (Å²) in [6.07, 6.45) is 3.72. The largest absolute Gasteiger partial charge is 0.351 e. The Bertz CT molecular complexity index is 508. The number of hydrogen-bond donors (Lipinski definition) is 0. The van der Waals surface area contributed by atoms with E-state index in [0.717, 1.165) is 12.4 Å². The molecule has 0 N–H and O–H groups in total. The summed E-state index contributed by atoms with van der Waals surface area (Å²) in [5, 5.41) is 15.6. The van der Waals surface area contributed by atoms with Crippen molar-refractivity contribution in [3.05, 3.63) is 12.1 Å². The predicted octanol–water partition coefficient (Wildman–Crippen LogP) is 1.12. The third-order valence-electron chi connectivity index (χ3n) is 3.19. The average Bonchev–Trinajstić information content (AvgIpc) is 2.72. The number of fused-ring (bicyclic) bond motifs is 1. The lowest BCUT2D eigenvalue weighted by molar-refractivity contribution is 0.387. The molecule has 0 spiro atoms. The highest BCUT2D eigenvalue weighted by molar-refractivity contribution is 6.18. The molecule has 6 nitrogen and oxygen atoms in total. The minimum atomic E-state index is 0.565. The maximum Gasteiger partial charge on any atom is 0.200 e. The van der Waals surface area contributed by atoms with E-state index >= 15 is 0 Å². The van der Waals surface area contributed by atoms with E-state index in [1.165, 1.54) is 23.9 Å². The first kappa shape index (κ1) is 10.7. The van der Waals surface area contributed by atoms with Crippen LogP contribution in [-0.2, 0) is 0 Å². The average molecular weight is 253 g/mol. The second-order valence-corrected chi connectivity index (χ2v) is 4.56. The van der Waals surface area contributed by atoms with Crippen molar-refractivity contribution in [3.8, 4) is 0 Å². The number of tetrazole rings is 1. The Morgan fingerprint density at radius 3 is 3.00 bits per heavy atom. The number of nitrogens with zero attached hydrogens (tertiary/aromatic N) is 6. The first-order valence-corrected chi connectivity index (χ1v) is 6.30. The first-order chi connectivity index (χ1) is 8.38. The molecule has 0 radical (unpaired) electrons. The van der Waals surface area contributed by atoms with Crippen molar-refractivity contribution in [3.63, 3.8) is 0 Å². The lowest BCUT2D eigenvalue weighted by Crippen LogP contribution is -2.42. The van der Waals surface area contributed by atoms with Crippen LogP contribution in [0, 0.1) is 0 Å². The van der Waals surface area contributed by atoms with E-state index in [4.69, 9.17) is 11.6 Å². The van der Waals surface area contributed by atoms with Gasteiger partial charge in [-0.3, -0.25) is 0 Å². The van der Waals surface area contributed by atoms with Crippen molar-refractivity contribution < 1.29 is 0 Å². The zero-order chi connectivity index (χ0) is 11.7. The van der Waals surface area contributed by atoms with Gasteiger partial charge in [-0.05, 0) is 41.8 Å². The molecule has 0 aliphatic heterocycles. The summed E-state index contributed by atoms with van der Waals surface area (Å²) >= 11 is 5.85. The lowest BCUT2D eigenvalue weighted by Gasteiger charge is -2.37. The molecule has 0 bridgehead atoms. The van der Waals surface area contributed by atoms with Gasteiger partial charge in [-0.2, -0.15) is 0 Å². The molecule has 1 saturated carbocycles. The van der Waals surface area contributed by atoms with Gasteiger partial charge in [0.05, 0.1) is 0 Å². The van der Waals surface area contributed by atoms with Gasteiger partial charge in [0.15, 0.2) is 11.5 Å². The summed E-state index contributed by atoms with van der Waals surface area (Å²) < 4.78 is 1.45. The van der Waals surface area contributed by atoms with E-state index in [9.17, 15) is 0 Å². The van der Waals surface area contributed by atoms with Gasteiger partial charge in [0.1, 0.15) is 0 Å². The summed E-state index contributed by atoms with van der Waals surface area (Å²) in [5.74, 6) is 1.50. The molecule has 0 saturated heterocycles. The van der Waals surface area contributed by atoms with Crippen molar-refractivity contribution >= 4 is 23.1 Å². The van der Waals surface area contributed by atoms with Crippen LogP contribution in [-0.4, -0.2) is 43.7 Å². The number of aromatic nitrogens is 5. The van der Waals surface area contributed by atoms with E-state index in [2.05, 4.69) is 25.5 Å². The standard InChI is InChI=1S/C10H13ClN6/c11-6-7-16(8-2-1-3-8)10-5-4-9-12-14-15-17(9)13-10/h4-5,8H,1-3,6-7H2. The van der Waals surface area contributed by atoms with Crippen LogP contribution in [0.3, 0.4) is 0 Å². The van der Waals surface area contributed by atoms with E-state index in [1.54, 1.807) is 0 Å². The van der Waals surface area contributed by atoms with E-state index < -0.39 is 0 Å². The molecule has 1 aliphatic carbocycles. The van der Waals surface area contributed by atoms with Crippen molar-refractivity contribution in [2.45, 2.75) is 25.3 Å². The van der Waals surface area contributed by atoms with Crippen LogP contribution in [0.5, 0.6) is 0 Å². The molecule has 2 heterocycles. The Morgan fingerprint density at radius 1 is 1.41 bits per heavy atom. The second kappa shape index (κ2) is 4.44. The van der Waals surface area contributed by atoms with E-state index in [-0.39, 0.29) is 0 Å². The highest BCUT2D eigenvalue weighted by Gasteiger charge is 2.25. The molecule has 0 unspecified atom stereocenters. The smallest absolute Gasteiger partial charge is 0.200 e. The van der Waals surface area contributed by atoms with Gasteiger partial charge in [-0.1, -0.05) is 0 Å². The van der Waals surface area contributed by atoms with Gasteiger partial charge in [0, 0.05) is 18.5 Å². The van der Waals surface area contributed by atoms with Crippen LogP contribution >= 0.6 is 11.6 Å². The monoisotopic (exact) mass is 252 g/mol. The lowest BCUT2D eigenvalue weighted by atomic mass is 9.91. The molecule has 17 heavy (non-hydrogen) atoms. The maximum absolute atomic E-state index is 5.85. The second-order valence-electron chi connectivity index (χ2n) is 4.19. The highest BCUT2D eigenvalue weighted by Crippen LogP contribution is 2.28. The Morgan fingerprint density at radius 2 is 2.29 bits per heavy atom. The molecule has 90 valence electrons. The third kappa shape index (κ3) is 1.93. The van der Waals surface area contributed by atoms with Gasteiger partial charge in [0.25, 0.3) is 0 Å². The minimum absolute atomic E-state index is 0.565. The number of hydrogen-bond acceptors (Lipinski definition) is 5. The Balaban J connectivity index is 1.92. The Hall–Kier alpha value is -1.43. The molecule has 1 fully saturated rings. The normalized spacial score (nSPS) is 16.1. The Kier molecular flexibility index (Phi) is 2.80. The molecule has 1 aliphatic rings. The molecule has 0 aromatic carbocycles. The fourth-order valence-corrected chi connectivity index (χ4v) is 2.25. The van der Waals surface area contributed by atoms with E-state index in [1.807, 2.05) is 12.1 Å². The summed E-state index contributed by atoms with van der Waals surface area (Å²) in [5.41, 5.74) is 0.660. The van der Waals surface area contributed by atoms with Gasteiger partial charge in [0.2, 0.25) is 0 Å². The molecule has 0 amide bonds. The summed E-state index contributed by atoms with van der Waals surface area (Å²) in [7, 11) is 0. The SMILES string of the molecule is ClCCN(c1ccc2nnnn2n1)C1CCC1. The summed E-state index contributed by atoms with van der Waals surface area (Å²) in [6, 6.07) is 4.40. The van der Waals surface area contributed by atoms with Crippen molar-refractivity contribution in [2.24, 2.45) is 0 Å². The van der Waals surface area contributed by atoms with Gasteiger partial charge >= 0.3 is 0 Å². The molecule has 2 aromatic rings. The molecule has 7 heteroatoms. The molecular formula is C10H13ClN6. The van der Waals surface area contributed by atoms with Crippen molar-refractivity contribution in [2.75, 3.05) is 17.3 Å². The van der Waals surface area contributed by atoms with E-state index in [0.29, 0.717) is 17.6 Å². The van der Waals surface area contributed by atoms with Crippen LogP contribution in [0.4, 0.5) is 5.82 Å². The topological polar surface area (TPSA) is 59.2 Å². The first-order valence-electron chi connectivity index (χ1n) is 5.76. The van der Waals surface area contributed by atoms with Crippen LogP contribution in [0.25, 0.3) is 5.65 Å². The van der Waals surface area contributed by atoms with Crippen LogP contribution in [0.2, 0.25) is 0 Å². The minimum Gasteiger partial charge on any atom is -0.351 e. The molecule has 0 atom stereocenters. The number of halogens is 1. The quantitative estimate of drug-likeness (QED) is 0.763. The van der Waals surface area contributed by atoms with Gasteiger partial charge in [-0.15, -0.1) is 26.4 Å². The zero-order valence-corrected chi connectivity index (χ0v) is 10.1. The number of anilines is 1. The predicted molar refractivity (Wildman–Crippen MR) is 64.3 cm³/mol. The zero-order valence-electron chi connectivity index (χ0n) is 9.33. The van der Waals surface area contributed by atoms with Crippen LogP contribution < -0.4 is 4.90 Å². The maximum atomic E-state index is 5.85. The fourth-order valence-electron chi connectivity index (χ4n) is 2.07. The number of alkyl halides is 1. The molecule has 2 aromatic heterocycles. The summed E-state index contributed by atoms with van der Waals surface area (Å²) in [6.45, 7) is 0.812. The fraction of sp³-hybridized carbons (Fsp3) is 0.600. The van der Waals surface area contributed by atoms with Gasteiger partial charge in [-0.25, -0.2) is 0 Å². The van der Waals surface area contributed by atoms with Crippen LogP contribution in [0.15, 0.2) is 12.1 Å². The molecular weight excluding hydrogens is 240 g/mol. The van der Waals surface area contributed by atoms with Crippen molar-refractivity contribution in [1.29, 1.82) is 0 Å². The third-order valence-corrected chi connectivity index (χ3v) is 3.36. The van der Waals surface area contributed by atoms with Gasteiger partial charge < -0.3 is 4.90 Å². The summed E-state index contributed by atoms with van der Waals surface area (Å²) in [4.78, 5) is 2.25. The van der Waals surface area contributed by atoms with Crippen molar-refractivity contribution in [1.82, 2.24) is 25.3 Å². The number of rotatable bonds is 4. The Labute approximate surface area is 104 Å². The molecule has 3 rings (SSSR count). The van der Waals surface area contributed by atoms with Crippen LogP contribution in [0.1, 0.15) is 19.3 Å².